The van der Waals surface area contributed by atoms with Crippen LogP contribution in [0.15, 0.2) is 22.6 Å². The fraction of sp³-hybridized carbons (Fsp3) is 0.286. The molecule has 0 aromatic carbocycles. The smallest absolute Gasteiger partial charge is 0.349 e. The molecule has 0 amide bonds. The van der Waals surface area contributed by atoms with Gasteiger partial charge in [0.2, 0.25) is 0 Å². The van der Waals surface area contributed by atoms with Crippen LogP contribution in [-0.4, -0.2) is 30.1 Å². The summed E-state index contributed by atoms with van der Waals surface area (Å²) in [6.45, 7) is 3.31. The van der Waals surface area contributed by atoms with Crippen molar-refractivity contribution in [2.75, 3.05) is 7.11 Å². The van der Waals surface area contributed by atoms with Gasteiger partial charge in [0.15, 0.2) is 0 Å². The number of methoxy groups -OCH3 is 1. The minimum absolute atomic E-state index is 0.222. The van der Waals surface area contributed by atoms with Gasteiger partial charge in [-0.1, -0.05) is 0 Å². The molecule has 0 fully saturated rings. The molecule has 0 radical (unpaired) electrons. The molecule has 0 saturated heterocycles. The number of ether oxygens (including phenoxy) is 2. The van der Waals surface area contributed by atoms with Gasteiger partial charge in [0.05, 0.1) is 13.2 Å². The van der Waals surface area contributed by atoms with Crippen LogP contribution in [0.25, 0.3) is 6.08 Å². The largest absolute Gasteiger partial charge is 0.465 e. The zero-order valence-electron chi connectivity index (χ0n) is 11.8. The zero-order valence-corrected chi connectivity index (χ0v) is 11.8. The Kier molecular flexibility index (Phi) is 5.43. The maximum atomic E-state index is 11.7. The van der Waals surface area contributed by atoms with Crippen molar-refractivity contribution in [1.82, 2.24) is 4.98 Å². The van der Waals surface area contributed by atoms with E-state index in [1.165, 1.54) is 18.3 Å². The molecule has 0 aliphatic heterocycles. The Morgan fingerprint density at radius 1 is 1.43 bits per heavy atom. The third kappa shape index (κ3) is 4.31. The first-order valence-corrected chi connectivity index (χ1v) is 6.02. The van der Waals surface area contributed by atoms with E-state index in [-0.39, 0.29) is 17.2 Å². The predicted octanol–water partition coefficient (Wildman–Crippen LogP) is 1.02. The SMILES string of the molecule is COC(=O)c1cc(/C=C(\C#N)C(=O)OC(C)C)c[nH]c1=O. The van der Waals surface area contributed by atoms with Gasteiger partial charge in [0.1, 0.15) is 17.2 Å². The van der Waals surface area contributed by atoms with E-state index in [9.17, 15) is 14.4 Å². The second-order valence-corrected chi connectivity index (χ2v) is 4.29. The van der Waals surface area contributed by atoms with Gasteiger partial charge in [-0.05, 0) is 31.6 Å². The molecule has 1 aromatic rings. The molecule has 0 bridgehead atoms. The number of nitrogens with one attached hydrogen (secondary N) is 1. The van der Waals surface area contributed by atoms with Crippen molar-refractivity contribution in [3.63, 3.8) is 0 Å². The summed E-state index contributed by atoms with van der Waals surface area (Å²) >= 11 is 0. The normalized spacial score (nSPS) is 10.9. The maximum absolute atomic E-state index is 11.7. The standard InChI is InChI=1S/C14H14N2O5/c1-8(2)21-13(18)10(6-15)4-9-5-11(14(19)20-3)12(17)16-7-9/h4-5,7-8H,1-3H3,(H,16,17)/b10-4+. The molecule has 21 heavy (non-hydrogen) atoms. The molecule has 7 nitrogen and oxygen atoms in total. The van der Waals surface area contributed by atoms with E-state index in [2.05, 4.69) is 9.72 Å². The molecular formula is C14H14N2O5. The van der Waals surface area contributed by atoms with Crippen LogP contribution in [-0.2, 0) is 14.3 Å². The first-order chi connectivity index (χ1) is 9.88. The predicted molar refractivity (Wildman–Crippen MR) is 73.2 cm³/mol. The summed E-state index contributed by atoms with van der Waals surface area (Å²) in [6, 6.07) is 2.94. The van der Waals surface area contributed by atoms with Crippen LogP contribution in [0, 0.1) is 11.3 Å². The molecule has 0 saturated carbocycles. The van der Waals surface area contributed by atoms with E-state index in [0.717, 1.165) is 7.11 Å². The number of hydrogen-bond acceptors (Lipinski definition) is 6. The summed E-state index contributed by atoms with van der Waals surface area (Å²) in [5.41, 5.74) is -0.790. The average molecular weight is 290 g/mol. The Labute approximate surface area is 120 Å². The van der Waals surface area contributed by atoms with Gasteiger partial charge >= 0.3 is 11.9 Å². The van der Waals surface area contributed by atoms with Gasteiger partial charge in [0.25, 0.3) is 5.56 Å². The van der Waals surface area contributed by atoms with Crippen LogP contribution in [0.2, 0.25) is 0 Å². The second-order valence-electron chi connectivity index (χ2n) is 4.29. The quantitative estimate of drug-likeness (QED) is 0.503. The van der Waals surface area contributed by atoms with Crippen molar-refractivity contribution in [2.45, 2.75) is 20.0 Å². The van der Waals surface area contributed by atoms with Gasteiger partial charge in [-0.15, -0.1) is 0 Å². The summed E-state index contributed by atoms with van der Waals surface area (Å²) in [5, 5.41) is 8.97. The number of hydrogen-bond donors (Lipinski definition) is 1. The van der Waals surface area contributed by atoms with Crippen molar-refractivity contribution >= 4 is 18.0 Å². The Hall–Kier alpha value is -2.88. The third-order valence-electron chi connectivity index (χ3n) is 2.32. The molecule has 110 valence electrons. The Morgan fingerprint density at radius 2 is 2.10 bits per heavy atom. The van der Waals surface area contributed by atoms with Crippen molar-refractivity contribution < 1.29 is 19.1 Å². The molecule has 1 aromatic heterocycles. The minimum atomic E-state index is -0.810. The molecule has 1 rings (SSSR count). The highest BCUT2D eigenvalue weighted by Crippen LogP contribution is 2.09. The number of carbonyl (C=O) groups excluding carboxylic acids is 2. The number of nitriles is 1. The number of H-pyrrole nitrogens is 1. The van der Waals surface area contributed by atoms with Crippen LogP contribution < -0.4 is 5.56 Å². The Morgan fingerprint density at radius 3 is 2.62 bits per heavy atom. The lowest BCUT2D eigenvalue weighted by molar-refractivity contribution is -0.142. The monoisotopic (exact) mass is 290 g/mol. The number of pyridine rings is 1. The molecule has 7 heteroatoms. The van der Waals surface area contributed by atoms with Crippen LogP contribution in [0.1, 0.15) is 29.8 Å². The van der Waals surface area contributed by atoms with Gasteiger partial charge in [-0.25, -0.2) is 9.59 Å². The van der Waals surface area contributed by atoms with Crippen molar-refractivity contribution in [2.24, 2.45) is 0 Å². The zero-order chi connectivity index (χ0) is 16.0. The lowest BCUT2D eigenvalue weighted by Crippen LogP contribution is -2.18. The minimum Gasteiger partial charge on any atom is -0.465 e. The third-order valence-corrected chi connectivity index (χ3v) is 2.32. The number of aromatic nitrogens is 1. The molecule has 0 aliphatic carbocycles. The van der Waals surface area contributed by atoms with Crippen LogP contribution in [0.5, 0.6) is 0 Å². The van der Waals surface area contributed by atoms with E-state index in [4.69, 9.17) is 10.00 Å². The van der Waals surface area contributed by atoms with E-state index in [0.29, 0.717) is 5.56 Å². The average Bonchev–Trinajstić information content (AvgIpc) is 2.44. The number of rotatable bonds is 4. The lowest BCUT2D eigenvalue weighted by Gasteiger charge is -2.06. The summed E-state index contributed by atoms with van der Waals surface area (Å²) < 4.78 is 9.37. The fourth-order valence-corrected chi connectivity index (χ4v) is 1.43. The fourth-order valence-electron chi connectivity index (χ4n) is 1.43. The first kappa shape index (κ1) is 16.2. The van der Waals surface area contributed by atoms with Gasteiger partial charge in [-0.3, -0.25) is 4.79 Å². The highest BCUT2D eigenvalue weighted by Gasteiger charge is 2.14. The van der Waals surface area contributed by atoms with Crippen molar-refractivity contribution in [1.29, 1.82) is 5.26 Å². The van der Waals surface area contributed by atoms with Crippen LogP contribution in [0.3, 0.4) is 0 Å². The molecule has 0 unspecified atom stereocenters. The van der Waals surface area contributed by atoms with E-state index >= 15 is 0 Å². The summed E-state index contributed by atoms with van der Waals surface area (Å²) in [4.78, 5) is 36.9. The highest BCUT2D eigenvalue weighted by atomic mass is 16.5. The second kappa shape index (κ2) is 7.05. The Bertz CT molecular complexity index is 679. The summed E-state index contributed by atoms with van der Waals surface area (Å²) in [6.07, 6.45) is 2.12. The molecular weight excluding hydrogens is 276 g/mol. The van der Waals surface area contributed by atoms with Gasteiger partial charge < -0.3 is 14.5 Å². The van der Waals surface area contributed by atoms with Crippen molar-refractivity contribution in [3.8, 4) is 6.07 Å². The number of esters is 2. The van der Waals surface area contributed by atoms with E-state index in [1.54, 1.807) is 19.9 Å². The summed E-state index contributed by atoms with van der Waals surface area (Å²) in [7, 11) is 1.14. The molecule has 1 heterocycles. The molecule has 1 N–H and O–H groups in total. The molecule has 0 atom stereocenters. The molecule has 0 spiro atoms. The number of nitrogens with zero attached hydrogens (tertiary/aromatic N) is 1. The lowest BCUT2D eigenvalue weighted by atomic mass is 10.1. The van der Waals surface area contributed by atoms with Crippen LogP contribution in [0.4, 0.5) is 0 Å². The first-order valence-electron chi connectivity index (χ1n) is 6.02. The maximum Gasteiger partial charge on any atom is 0.349 e. The van der Waals surface area contributed by atoms with Crippen LogP contribution >= 0.6 is 0 Å². The Balaban J connectivity index is 3.19. The molecule has 0 aliphatic rings. The summed E-state index contributed by atoms with van der Waals surface area (Å²) in [5.74, 6) is -1.59. The highest BCUT2D eigenvalue weighted by molar-refractivity contribution is 5.98. The number of carbonyl (C=O) groups is 2. The van der Waals surface area contributed by atoms with E-state index in [1.807, 2.05) is 0 Å². The van der Waals surface area contributed by atoms with E-state index < -0.39 is 17.5 Å². The van der Waals surface area contributed by atoms with Gasteiger partial charge in [0, 0.05) is 6.20 Å². The topological polar surface area (TPSA) is 109 Å². The van der Waals surface area contributed by atoms with Gasteiger partial charge in [-0.2, -0.15) is 5.26 Å². The van der Waals surface area contributed by atoms with Crippen molar-refractivity contribution in [3.05, 3.63) is 39.3 Å². The number of aromatic amines is 1.